The minimum absolute atomic E-state index is 0. The van der Waals surface area contributed by atoms with Crippen LogP contribution in [0, 0.1) is 5.92 Å². The molecule has 6 heteroatoms. The van der Waals surface area contributed by atoms with Crippen LogP contribution in [0.1, 0.15) is 43.0 Å². The molecule has 1 aliphatic carbocycles. The number of carbonyl (C=O) groups excluding carboxylic acids is 1. The Morgan fingerprint density at radius 3 is 2.17 bits per heavy atom. The van der Waals surface area contributed by atoms with Crippen LogP contribution in [0.25, 0.3) is 0 Å². The molecule has 0 atom stereocenters. The van der Waals surface area contributed by atoms with E-state index >= 15 is 0 Å². The minimum atomic E-state index is 0. The largest absolute Gasteiger partial charge is 0.398 e. The second-order valence-corrected chi connectivity index (χ2v) is 6.83. The summed E-state index contributed by atoms with van der Waals surface area (Å²) >= 11 is 0. The van der Waals surface area contributed by atoms with Gasteiger partial charge in [0.1, 0.15) is 0 Å². The first kappa shape index (κ1) is 21.1. The van der Waals surface area contributed by atoms with E-state index in [2.05, 4.69) is 11.8 Å². The topological polar surface area (TPSA) is 49.6 Å². The van der Waals surface area contributed by atoms with Gasteiger partial charge in [-0.2, -0.15) is 0 Å². The average Bonchev–Trinajstić information content (AvgIpc) is 2.56. The highest BCUT2D eigenvalue weighted by Crippen LogP contribution is 2.28. The van der Waals surface area contributed by atoms with Gasteiger partial charge < -0.3 is 10.6 Å². The van der Waals surface area contributed by atoms with Gasteiger partial charge in [0.25, 0.3) is 5.91 Å². The lowest BCUT2D eigenvalue weighted by Crippen LogP contribution is -2.52. The number of amides is 1. The zero-order valence-corrected chi connectivity index (χ0v) is 16.0. The number of rotatable bonds is 2. The normalized spacial score (nSPS) is 24.6. The van der Waals surface area contributed by atoms with Gasteiger partial charge >= 0.3 is 0 Å². The molecule has 0 bridgehead atoms. The van der Waals surface area contributed by atoms with E-state index in [1.54, 1.807) is 6.07 Å². The highest BCUT2D eigenvalue weighted by Gasteiger charge is 2.29. The lowest BCUT2D eigenvalue weighted by molar-refractivity contribution is 0.0502. The lowest BCUT2D eigenvalue weighted by atomic mass is 9.86. The number of piperazine rings is 1. The number of nitrogens with zero attached hydrogens (tertiary/aromatic N) is 2. The second-order valence-electron chi connectivity index (χ2n) is 6.83. The smallest absolute Gasteiger partial charge is 0.256 e. The van der Waals surface area contributed by atoms with Crippen molar-refractivity contribution in [3.8, 4) is 0 Å². The molecule has 1 amide bonds. The number of anilines is 1. The van der Waals surface area contributed by atoms with Crippen molar-refractivity contribution < 1.29 is 4.79 Å². The van der Waals surface area contributed by atoms with Crippen LogP contribution in [0.4, 0.5) is 5.69 Å². The molecular weight excluding hydrogens is 345 g/mol. The molecule has 0 unspecified atom stereocenters. The Balaban J connectivity index is 0.00000144. The zero-order chi connectivity index (χ0) is 15.5. The van der Waals surface area contributed by atoms with Crippen LogP contribution >= 0.6 is 24.8 Å². The van der Waals surface area contributed by atoms with E-state index in [1.807, 2.05) is 23.1 Å². The first-order valence-electron chi connectivity index (χ1n) is 8.53. The van der Waals surface area contributed by atoms with Crippen LogP contribution < -0.4 is 5.73 Å². The highest BCUT2D eigenvalue weighted by atomic mass is 35.5. The quantitative estimate of drug-likeness (QED) is 0.807. The molecule has 2 N–H and O–H groups in total. The molecule has 1 aliphatic heterocycles. The Morgan fingerprint density at radius 1 is 1.00 bits per heavy atom. The van der Waals surface area contributed by atoms with Gasteiger partial charge in [0.15, 0.2) is 0 Å². The first-order valence-corrected chi connectivity index (χ1v) is 8.53. The van der Waals surface area contributed by atoms with Crippen molar-refractivity contribution >= 4 is 36.4 Å². The Labute approximate surface area is 157 Å². The summed E-state index contributed by atoms with van der Waals surface area (Å²) in [5.41, 5.74) is 7.15. The molecule has 2 fully saturated rings. The van der Waals surface area contributed by atoms with Crippen LogP contribution in [0.2, 0.25) is 0 Å². The summed E-state index contributed by atoms with van der Waals surface area (Å²) in [4.78, 5) is 17.1. The number of benzene rings is 1. The van der Waals surface area contributed by atoms with Crippen molar-refractivity contribution in [2.75, 3.05) is 31.9 Å². The molecule has 2 aliphatic rings. The monoisotopic (exact) mass is 373 g/mol. The third-order valence-corrected chi connectivity index (χ3v) is 5.29. The fourth-order valence-corrected chi connectivity index (χ4v) is 3.76. The van der Waals surface area contributed by atoms with Gasteiger partial charge in [0.05, 0.1) is 5.56 Å². The fourth-order valence-electron chi connectivity index (χ4n) is 3.76. The Morgan fingerprint density at radius 2 is 1.58 bits per heavy atom. The first-order chi connectivity index (χ1) is 10.6. The number of carbonyl (C=O) groups is 1. The molecule has 0 radical (unpaired) electrons. The molecule has 3 rings (SSSR count). The van der Waals surface area contributed by atoms with Gasteiger partial charge in [0.2, 0.25) is 0 Å². The molecule has 1 aromatic rings. The van der Waals surface area contributed by atoms with Gasteiger partial charge in [0, 0.05) is 37.9 Å². The number of nitrogens with two attached hydrogens (primary N) is 1. The second kappa shape index (κ2) is 9.50. The molecule has 136 valence electrons. The van der Waals surface area contributed by atoms with E-state index in [0.717, 1.165) is 38.1 Å². The van der Waals surface area contributed by atoms with E-state index in [9.17, 15) is 4.79 Å². The molecule has 0 spiro atoms. The number of para-hydroxylation sites is 1. The third-order valence-electron chi connectivity index (χ3n) is 5.29. The average molecular weight is 374 g/mol. The standard InChI is InChI=1S/C18H27N3O.2ClH/c1-14-6-8-15(9-7-14)20-10-12-21(13-11-20)18(22)16-4-2-3-5-17(16)19;;/h2-5,14-15H,6-13,19H2,1H3;2*1H. The molecular formula is C18H29Cl2N3O. The molecule has 1 saturated heterocycles. The molecule has 0 aromatic heterocycles. The van der Waals surface area contributed by atoms with Crippen molar-refractivity contribution in [2.45, 2.75) is 38.6 Å². The maximum absolute atomic E-state index is 12.6. The Bertz CT molecular complexity index is 525. The number of halogens is 2. The van der Waals surface area contributed by atoms with Crippen molar-refractivity contribution in [1.29, 1.82) is 0 Å². The Kier molecular flexibility index (Phi) is 8.34. The zero-order valence-electron chi connectivity index (χ0n) is 14.3. The van der Waals surface area contributed by atoms with E-state index < -0.39 is 0 Å². The van der Waals surface area contributed by atoms with Gasteiger partial charge in [-0.15, -0.1) is 24.8 Å². The van der Waals surface area contributed by atoms with E-state index in [0.29, 0.717) is 11.3 Å². The van der Waals surface area contributed by atoms with Crippen LogP contribution in [0.5, 0.6) is 0 Å². The maximum atomic E-state index is 12.6. The molecule has 24 heavy (non-hydrogen) atoms. The lowest BCUT2D eigenvalue weighted by Gasteiger charge is -2.41. The van der Waals surface area contributed by atoms with Crippen molar-refractivity contribution in [3.63, 3.8) is 0 Å². The summed E-state index contributed by atoms with van der Waals surface area (Å²) in [6.45, 7) is 5.99. The molecule has 1 saturated carbocycles. The fraction of sp³-hybridized carbons (Fsp3) is 0.611. The van der Waals surface area contributed by atoms with Crippen LogP contribution in [0.15, 0.2) is 24.3 Å². The number of hydrogen-bond acceptors (Lipinski definition) is 3. The van der Waals surface area contributed by atoms with E-state index in [-0.39, 0.29) is 30.7 Å². The Hall–Kier alpha value is -0.970. The number of nitrogen functional groups attached to an aromatic ring is 1. The molecule has 4 nitrogen and oxygen atoms in total. The van der Waals surface area contributed by atoms with Crippen molar-refractivity contribution in [3.05, 3.63) is 29.8 Å². The van der Waals surface area contributed by atoms with E-state index in [4.69, 9.17) is 5.73 Å². The predicted octanol–water partition coefficient (Wildman–Crippen LogP) is 3.45. The molecule has 1 aromatic carbocycles. The third kappa shape index (κ3) is 4.78. The van der Waals surface area contributed by atoms with Crippen molar-refractivity contribution in [2.24, 2.45) is 5.92 Å². The summed E-state index contributed by atoms with van der Waals surface area (Å²) in [5.74, 6) is 0.968. The van der Waals surface area contributed by atoms with Crippen LogP contribution in [0.3, 0.4) is 0 Å². The van der Waals surface area contributed by atoms with Gasteiger partial charge in [-0.1, -0.05) is 19.1 Å². The predicted molar refractivity (Wildman–Crippen MR) is 104 cm³/mol. The highest BCUT2D eigenvalue weighted by molar-refractivity contribution is 5.99. The number of hydrogen-bond donors (Lipinski definition) is 1. The molecule has 1 heterocycles. The summed E-state index contributed by atoms with van der Waals surface area (Å²) in [6, 6.07) is 8.10. The summed E-state index contributed by atoms with van der Waals surface area (Å²) < 4.78 is 0. The van der Waals surface area contributed by atoms with Gasteiger partial charge in [-0.05, 0) is 43.7 Å². The van der Waals surface area contributed by atoms with Gasteiger partial charge in [-0.25, -0.2) is 0 Å². The SMILES string of the molecule is CC1CCC(N2CCN(C(=O)c3ccccc3N)CC2)CC1.Cl.Cl. The van der Waals surface area contributed by atoms with Gasteiger partial charge in [-0.3, -0.25) is 9.69 Å². The minimum Gasteiger partial charge on any atom is -0.398 e. The van der Waals surface area contributed by atoms with Crippen LogP contribution in [-0.2, 0) is 0 Å². The summed E-state index contributed by atoms with van der Waals surface area (Å²) in [7, 11) is 0. The maximum Gasteiger partial charge on any atom is 0.256 e. The van der Waals surface area contributed by atoms with Crippen LogP contribution in [-0.4, -0.2) is 47.9 Å². The van der Waals surface area contributed by atoms with E-state index in [1.165, 1.54) is 25.7 Å². The van der Waals surface area contributed by atoms with Crippen molar-refractivity contribution in [1.82, 2.24) is 9.80 Å². The summed E-state index contributed by atoms with van der Waals surface area (Å²) in [5, 5.41) is 0. The summed E-state index contributed by atoms with van der Waals surface area (Å²) in [6.07, 6.45) is 5.34.